The van der Waals surface area contributed by atoms with Crippen LogP contribution < -0.4 is 10.7 Å². The zero-order valence-corrected chi connectivity index (χ0v) is 19.5. The molecule has 6 nitrogen and oxygen atoms in total. The molecule has 1 amide bonds. The van der Waals surface area contributed by atoms with Gasteiger partial charge in [0.05, 0.1) is 31.5 Å². The second-order valence-electron chi connectivity index (χ2n) is 8.92. The summed E-state index contributed by atoms with van der Waals surface area (Å²) >= 11 is 6.54. The molecule has 2 aromatic carbocycles. The second kappa shape index (κ2) is 9.67. The van der Waals surface area contributed by atoms with E-state index in [2.05, 4.69) is 57.2 Å². The maximum atomic E-state index is 12.3. The van der Waals surface area contributed by atoms with Crippen molar-refractivity contribution in [2.75, 3.05) is 38.2 Å². The first-order valence-electron chi connectivity index (χ1n) is 11.6. The largest absolute Gasteiger partial charge is 0.379 e. The van der Waals surface area contributed by atoms with E-state index in [1.54, 1.807) is 0 Å². The minimum absolute atomic E-state index is 0.0998. The lowest BCUT2D eigenvalue weighted by Gasteiger charge is -2.38. The fourth-order valence-electron chi connectivity index (χ4n) is 5.06. The van der Waals surface area contributed by atoms with Crippen LogP contribution in [0.1, 0.15) is 42.0 Å². The van der Waals surface area contributed by atoms with Crippen molar-refractivity contribution in [1.82, 2.24) is 10.3 Å². The van der Waals surface area contributed by atoms with Gasteiger partial charge < -0.3 is 10.1 Å². The van der Waals surface area contributed by atoms with E-state index in [4.69, 9.17) is 16.3 Å². The number of nitrogens with zero attached hydrogens (tertiary/aromatic N) is 2. The van der Waals surface area contributed by atoms with Gasteiger partial charge in [-0.2, -0.15) is 5.10 Å². The number of ether oxygens (including phenoxy) is 1. The van der Waals surface area contributed by atoms with Crippen molar-refractivity contribution in [3.05, 3.63) is 76.3 Å². The molecule has 7 heteroatoms. The monoisotopic (exact) mass is 464 g/mol. The molecule has 3 atom stereocenters. The number of allylic oxidation sites excluding steroid dienone is 2. The van der Waals surface area contributed by atoms with Gasteiger partial charge in [-0.25, -0.2) is 5.43 Å². The molecule has 0 spiro atoms. The molecular weight excluding hydrogens is 436 g/mol. The number of carbonyl (C=O) groups excluding carboxylic acids is 1. The number of fused-ring (bicyclic) bond motifs is 3. The number of nitrogens with one attached hydrogen (secondary N) is 2. The van der Waals surface area contributed by atoms with Crippen molar-refractivity contribution < 1.29 is 9.53 Å². The molecule has 1 fully saturated rings. The van der Waals surface area contributed by atoms with Crippen LogP contribution in [0.4, 0.5) is 5.69 Å². The maximum Gasteiger partial charge on any atom is 0.254 e. The number of benzene rings is 2. The molecule has 0 radical (unpaired) electrons. The van der Waals surface area contributed by atoms with Crippen LogP contribution in [0.2, 0.25) is 5.02 Å². The van der Waals surface area contributed by atoms with E-state index in [0.717, 1.165) is 47.1 Å². The number of rotatable bonds is 5. The Hall–Kier alpha value is -2.67. The SMILES string of the molecule is C/C(=N\NC(=O)CN1CCOCC1)c1ccc2c(c1)C1C=CCC1C(c1ccccc1Cl)N2. The lowest BCUT2D eigenvalue weighted by Crippen LogP contribution is -2.42. The van der Waals surface area contributed by atoms with Crippen LogP contribution >= 0.6 is 11.6 Å². The standard InChI is InChI=1S/C26H29ClN4O2/c1-17(29-30-25(32)16-31-11-13-33-14-12-31)18-9-10-24-22(15-18)19-6-4-7-20(19)26(28-24)21-5-2-3-8-23(21)27/h2-6,8-10,15,19-20,26,28H,7,11-14,16H2,1H3,(H,30,32)/b29-17+. The Morgan fingerprint density at radius 1 is 1.21 bits per heavy atom. The Balaban J connectivity index is 1.33. The number of hydrogen-bond donors (Lipinski definition) is 2. The van der Waals surface area contributed by atoms with E-state index >= 15 is 0 Å². The molecule has 33 heavy (non-hydrogen) atoms. The highest BCUT2D eigenvalue weighted by atomic mass is 35.5. The minimum Gasteiger partial charge on any atom is -0.379 e. The third-order valence-electron chi connectivity index (χ3n) is 6.84. The molecular formula is C26H29ClN4O2. The van der Waals surface area contributed by atoms with Gasteiger partial charge in [0.1, 0.15) is 0 Å². The van der Waals surface area contributed by atoms with Crippen molar-refractivity contribution in [3.63, 3.8) is 0 Å². The summed E-state index contributed by atoms with van der Waals surface area (Å²) in [4.78, 5) is 14.4. The van der Waals surface area contributed by atoms with Crippen LogP contribution in [0.5, 0.6) is 0 Å². The summed E-state index contributed by atoms with van der Waals surface area (Å²) in [5, 5.41) is 8.91. The molecule has 1 aliphatic carbocycles. The van der Waals surface area contributed by atoms with Crippen molar-refractivity contribution in [1.29, 1.82) is 0 Å². The van der Waals surface area contributed by atoms with Gasteiger partial charge in [-0.1, -0.05) is 48.0 Å². The van der Waals surface area contributed by atoms with Gasteiger partial charge in [0.15, 0.2) is 0 Å². The van der Waals surface area contributed by atoms with Crippen molar-refractivity contribution in [2.24, 2.45) is 11.0 Å². The molecule has 2 aromatic rings. The molecule has 3 aliphatic rings. The summed E-state index contributed by atoms with van der Waals surface area (Å²) in [5.41, 5.74) is 8.05. The zero-order chi connectivity index (χ0) is 22.8. The summed E-state index contributed by atoms with van der Waals surface area (Å²) in [5.74, 6) is 0.640. The number of anilines is 1. The third-order valence-corrected chi connectivity index (χ3v) is 7.18. The van der Waals surface area contributed by atoms with Crippen LogP contribution in [0.3, 0.4) is 0 Å². The topological polar surface area (TPSA) is 66.0 Å². The molecule has 2 aliphatic heterocycles. The van der Waals surface area contributed by atoms with Crippen LogP contribution in [-0.4, -0.2) is 49.4 Å². The van der Waals surface area contributed by atoms with E-state index in [1.807, 2.05) is 25.1 Å². The highest BCUT2D eigenvalue weighted by Crippen LogP contribution is 2.50. The Kier molecular flexibility index (Phi) is 6.49. The van der Waals surface area contributed by atoms with Crippen LogP contribution in [-0.2, 0) is 9.53 Å². The summed E-state index contributed by atoms with van der Waals surface area (Å²) < 4.78 is 5.33. The van der Waals surface area contributed by atoms with Gasteiger partial charge in [0, 0.05) is 29.7 Å². The van der Waals surface area contributed by atoms with Gasteiger partial charge >= 0.3 is 0 Å². The Morgan fingerprint density at radius 2 is 2.03 bits per heavy atom. The van der Waals surface area contributed by atoms with Crippen LogP contribution in [0.15, 0.2) is 59.7 Å². The minimum atomic E-state index is -0.0998. The molecule has 2 heterocycles. The summed E-state index contributed by atoms with van der Waals surface area (Å²) in [6.07, 6.45) is 5.60. The van der Waals surface area contributed by atoms with E-state index in [0.29, 0.717) is 31.6 Å². The third kappa shape index (κ3) is 4.69. The van der Waals surface area contributed by atoms with Crippen LogP contribution in [0, 0.1) is 5.92 Å². The average Bonchev–Trinajstić information content (AvgIpc) is 3.33. The first kappa shape index (κ1) is 22.1. The molecule has 1 saturated heterocycles. The highest BCUT2D eigenvalue weighted by Gasteiger charge is 2.38. The molecule has 5 rings (SSSR count). The van der Waals surface area contributed by atoms with Gasteiger partial charge in [-0.3, -0.25) is 9.69 Å². The van der Waals surface area contributed by atoms with E-state index in [-0.39, 0.29) is 11.9 Å². The lowest BCUT2D eigenvalue weighted by molar-refractivity contribution is -0.123. The normalized spacial score (nSPS) is 24.7. The smallest absolute Gasteiger partial charge is 0.254 e. The van der Waals surface area contributed by atoms with E-state index in [1.165, 1.54) is 5.56 Å². The maximum absolute atomic E-state index is 12.3. The number of halogens is 1. The summed E-state index contributed by atoms with van der Waals surface area (Å²) in [6.45, 7) is 5.17. The zero-order valence-electron chi connectivity index (χ0n) is 18.8. The quantitative estimate of drug-likeness (QED) is 0.392. The predicted molar refractivity (Wildman–Crippen MR) is 132 cm³/mol. The van der Waals surface area contributed by atoms with Crippen molar-refractivity contribution in [3.8, 4) is 0 Å². The first-order valence-corrected chi connectivity index (χ1v) is 11.9. The average molecular weight is 465 g/mol. The Labute approximate surface area is 199 Å². The molecule has 3 unspecified atom stereocenters. The van der Waals surface area contributed by atoms with E-state index < -0.39 is 0 Å². The van der Waals surface area contributed by atoms with E-state index in [9.17, 15) is 4.79 Å². The molecule has 0 saturated carbocycles. The fraction of sp³-hybridized carbons (Fsp3) is 0.385. The van der Waals surface area contributed by atoms with Crippen molar-refractivity contribution >= 4 is 28.9 Å². The van der Waals surface area contributed by atoms with Crippen LogP contribution in [0.25, 0.3) is 0 Å². The second-order valence-corrected chi connectivity index (χ2v) is 9.33. The van der Waals surface area contributed by atoms with Crippen molar-refractivity contribution in [2.45, 2.75) is 25.3 Å². The molecule has 2 N–H and O–H groups in total. The molecule has 0 aromatic heterocycles. The number of amides is 1. The summed E-state index contributed by atoms with van der Waals surface area (Å²) in [6, 6.07) is 14.6. The number of carbonyl (C=O) groups is 1. The number of morpholine rings is 1. The Bertz CT molecular complexity index is 1090. The highest BCUT2D eigenvalue weighted by molar-refractivity contribution is 6.31. The molecule has 172 valence electrons. The van der Waals surface area contributed by atoms with Gasteiger partial charge in [-0.05, 0) is 54.2 Å². The van der Waals surface area contributed by atoms with Gasteiger partial charge in [-0.15, -0.1) is 0 Å². The van der Waals surface area contributed by atoms with Gasteiger partial charge in [0.25, 0.3) is 5.91 Å². The fourth-order valence-corrected chi connectivity index (χ4v) is 5.32. The number of hydrazone groups is 1. The Morgan fingerprint density at radius 3 is 2.85 bits per heavy atom. The lowest BCUT2D eigenvalue weighted by atomic mass is 9.76. The first-order chi connectivity index (χ1) is 16.1. The van der Waals surface area contributed by atoms with Gasteiger partial charge in [0.2, 0.25) is 0 Å². The number of hydrogen-bond acceptors (Lipinski definition) is 5. The summed E-state index contributed by atoms with van der Waals surface area (Å²) in [7, 11) is 0. The molecule has 0 bridgehead atoms. The predicted octanol–water partition coefficient (Wildman–Crippen LogP) is 4.34.